The quantitative estimate of drug-likeness (QED) is 0.0314. The molecule has 0 spiro atoms. The van der Waals surface area contributed by atoms with Gasteiger partial charge in [0.25, 0.3) is 11.8 Å². The van der Waals surface area contributed by atoms with Gasteiger partial charge < -0.3 is 71.1 Å². The van der Waals surface area contributed by atoms with Gasteiger partial charge in [-0.1, -0.05) is 19.8 Å². The zero-order chi connectivity index (χ0) is 63.9. The van der Waals surface area contributed by atoms with Crippen molar-refractivity contribution in [3.05, 3.63) is 36.0 Å². The van der Waals surface area contributed by atoms with Gasteiger partial charge in [0.2, 0.25) is 29.5 Å². The average molecular weight is 1300 g/mol. The number of unbranched alkanes of at least 4 members (excludes halogenated alkanes) is 4. The number of hydrogen-bond acceptors (Lipinski definition) is 19. The van der Waals surface area contributed by atoms with Crippen LogP contribution < -0.4 is 36.6 Å². The van der Waals surface area contributed by atoms with Gasteiger partial charge in [0.1, 0.15) is 23.9 Å². The Morgan fingerprint density at radius 3 is 1.87 bits per heavy atom. The number of carboxylic acids is 3. The van der Waals surface area contributed by atoms with Crippen molar-refractivity contribution in [1.29, 1.82) is 5.26 Å². The van der Waals surface area contributed by atoms with Gasteiger partial charge in [-0.15, -0.1) is 0 Å². The summed E-state index contributed by atoms with van der Waals surface area (Å²) in [5.74, 6) is -5.67. The molecule has 1 radical (unpaired) electrons. The molecular weight excluding hydrogens is 1210 g/mol. The summed E-state index contributed by atoms with van der Waals surface area (Å²) in [7, 11) is 0. The van der Waals surface area contributed by atoms with E-state index in [0.29, 0.717) is 120 Å². The van der Waals surface area contributed by atoms with E-state index in [9.17, 15) is 68.5 Å². The van der Waals surface area contributed by atoms with E-state index in [-0.39, 0.29) is 140 Å². The number of aromatic nitrogens is 1. The van der Waals surface area contributed by atoms with E-state index >= 15 is 0 Å². The summed E-state index contributed by atoms with van der Waals surface area (Å²) in [6.45, 7) is 5.82. The molecule has 0 aliphatic carbocycles. The fourth-order valence-corrected chi connectivity index (χ4v) is 9.76. The summed E-state index contributed by atoms with van der Waals surface area (Å²) in [5, 5.41) is 54.9. The van der Waals surface area contributed by atoms with Crippen LogP contribution in [0.5, 0.6) is 5.75 Å². The van der Waals surface area contributed by atoms with Crippen molar-refractivity contribution in [2.45, 2.75) is 115 Å². The molecule has 4 rings (SSSR count). The molecule has 0 unspecified atom stereocenters. The largest absolute Gasteiger partial charge is 0.484 e. The maximum Gasteiger partial charge on any atom is 0.326 e. The van der Waals surface area contributed by atoms with Crippen molar-refractivity contribution in [1.82, 2.24) is 56.5 Å². The number of carboxylic acid groups (broad SMARTS) is 3. The van der Waals surface area contributed by atoms with Gasteiger partial charge in [-0.25, -0.2) is 4.79 Å². The smallest absolute Gasteiger partial charge is 0.326 e. The minimum Gasteiger partial charge on any atom is -0.484 e. The molecule has 2 aromatic rings. The number of nitrogens with one attached hydrogen (secondary N) is 6. The number of fused-ring (bicyclic) bond motifs is 1. The molecule has 7 amide bonds. The van der Waals surface area contributed by atoms with E-state index in [0.717, 1.165) is 25.7 Å². The number of ether oxygens (including phenoxy) is 4. The summed E-state index contributed by atoms with van der Waals surface area (Å²) in [6.07, 6.45) is 8.26. The molecule has 0 saturated carbocycles. The summed E-state index contributed by atoms with van der Waals surface area (Å²) in [5.41, 5.74) is 0.741. The second-order valence-corrected chi connectivity index (χ2v) is 21.5. The maximum atomic E-state index is 13.6. The van der Waals surface area contributed by atoms with Gasteiger partial charge in [0.05, 0.1) is 83.0 Å². The van der Waals surface area contributed by atoms with E-state index < -0.39 is 59.7 Å². The summed E-state index contributed by atoms with van der Waals surface area (Å²) in [6, 6.07) is 5.62. The first-order valence-electron chi connectivity index (χ1n) is 30.4. The van der Waals surface area contributed by atoms with Gasteiger partial charge >= 0.3 is 17.9 Å². The van der Waals surface area contributed by atoms with Crippen LogP contribution in [0.25, 0.3) is 10.9 Å². The molecule has 2 saturated heterocycles. The zero-order valence-corrected chi connectivity index (χ0v) is 51.9. The van der Waals surface area contributed by atoms with E-state index in [2.05, 4.69) is 43.0 Å². The molecular formula is C59H90CuN12O17. The Morgan fingerprint density at radius 2 is 1.24 bits per heavy atom. The molecule has 1 aromatic carbocycles. The molecule has 29 nitrogen and oxygen atoms in total. The van der Waals surface area contributed by atoms with Gasteiger partial charge in [-0.3, -0.25) is 62.8 Å². The fourth-order valence-electron chi connectivity index (χ4n) is 9.76. The van der Waals surface area contributed by atoms with Crippen molar-refractivity contribution in [2.75, 3.05) is 138 Å². The van der Waals surface area contributed by atoms with E-state index in [4.69, 9.17) is 18.9 Å². The SMILES string of the molecule is CCCCCC(=O)NCCCC[C@H](NC(=O)[C@H](CCCCNC(=O)CN1CCN(CC(=O)O)CCCN(CC(=O)O)CC1)NC(=O)CCOCCOCCOCCNC(=O)COc1ccc2c(C(=O)NCC(=O)N3CCC[C@H]3C#N)ccnc2c1)C(=O)O.[Cu]. The second kappa shape index (κ2) is 44.4. The van der Waals surface area contributed by atoms with Crippen LogP contribution in [0.15, 0.2) is 30.5 Å². The first-order valence-corrected chi connectivity index (χ1v) is 30.4. The second-order valence-electron chi connectivity index (χ2n) is 21.5. The van der Waals surface area contributed by atoms with E-state index in [1.165, 1.54) is 17.2 Å². The molecule has 499 valence electrons. The average Bonchev–Trinajstić information content (AvgIpc) is 1.62. The van der Waals surface area contributed by atoms with Gasteiger partial charge in [0.15, 0.2) is 6.61 Å². The van der Waals surface area contributed by atoms with Gasteiger partial charge in [0, 0.05) is 113 Å². The number of hydrogen-bond donors (Lipinski definition) is 9. The van der Waals surface area contributed by atoms with E-state index in [1.54, 1.807) is 28.0 Å². The molecule has 30 heteroatoms. The standard InChI is InChI=1S/C59H90N12O17.Cu/c1-2-3-4-14-50(72)62-19-8-6-13-48(59(83)84)67-58(82)47(12-5-7-20-63-52(74)39-70-28-26-68(40-55(77)78)23-10-24-69(27-29-70)41-56(79)80)66-51(73)18-30-85-32-34-87-35-33-86-31-22-64-53(75)42-88-44-15-16-45-46(17-21-61-49(45)36-44)57(81)65-38-54(76)71-25-9-11-43(71)37-60;/h15-17,21,36,43,47-48H,2-14,18-20,22-35,38-42H2,1H3,(H,62,72)(H,63,74)(H,64,75)(H,65,81)(H,66,73)(H,67,82)(H,77,78)(H,79,80)(H,83,84);/t43-,47-,48-;/m0./s1. The zero-order valence-electron chi connectivity index (χ0n) is 50.9. The van der Waals surface area contributed by atoms with Crippen LogP contribution in [0.1, 0.15) is 107 Å². The van der Waals surface area contributed by atoms with Crippen LogP contribution in [-0.2, 0) is 74.4 Å². The van der Waals surface area contributed by atoms with Crippen LogP contribution in [0.2, 0.25) is 0 Å². The third kappa shape index (κ3) is 31.8. The Kier molecular flexibility index (Phi) is 38.0. The monoisotopic (exact) mass is 1300 g/mol. The van der Waals surface area contributed by atoms with Crippen molar-refractivity contribution >= 4 is 70.2 Å². The van der Waals surface area contributed by atoms with Crippen molar-refractivity contribution in [3.63, 3.8) is 0 Å². The Bertz CT molecular complexity index is 2590. The Balaban J connectivity index is 0.0000207. The third-order valence-electron chi connectivity index (χ3n) is 14.5. The predicted molar refractivity (Wildman–Crippen MR) is 319 cm³/mol. The number of nitrogens with zero attached hydrogens (tertiary/aromatic N) is 6. The van der Waals surface area contributed by atoms with Crippen molar-refractivity contribution in [2.24, 2.45) is 0 Å². The molecule has 2 aliphatic rings. The number of rotatable bonds is 42. The number of amides is 7. The molecule has 1 aromatic heterocycles. The first-order chi connectivity index (χ1) is 42.5. The number of benzene rings is 1. The number of likely N-dealkylation sites (tertiary alicyclic amines) is 1. The minimum absolute atomic E-state index is 0. The van der Waals surface area contributed by atoms with Crippen molar-refractivity contribution in [3.8, 4) is 11.8 Å². The molecule has 3 heterocycles. The van der Waals surface area contributed by atoms with Crippen LogP contribution in [0.4, 0.5) is 0 Å². The molecule has 2 aliphatic heterocycles. The van der Waals surface area contributed by atoms with Crippen LogP contribution in [0, 0.1) is 11.3 Å². The topological polar surface area (TPSA) is 390 Å². The minimum atomic E-state index is -1.26. The third-order valence-corrected chi connectivity index (χ3v) is 14.5. The van der Waals surface area contributed by atoms with Crippen molar-refractivity contribution < 1.29 is 99.3 Å². The number of nitriles is 1. The fraction of sp³-hybridized carbons (Fsp3) is 0.661. The molecule has 3 atom stereocenters. The number of carbonyl (C=O) groups is 10. The molecule has 89 heavy (non-hydrogen) atoms. The first kappa shape index (κ1) is 76.1. The van der Waals surface area contributed by atoms with Crippen LogP contribution in [-0.4, -0.2) is 255 Å². The molecule has 0 bridgehead atoms. The van der Waals surface area contributed by atoms with Gasteiger partial charge in [-0.2, -0.15) is 5.26 Å². The summed E-state index contributed by atoms with van der Waals surface area (Å²) < 4.78 is 22.3. The van der Waals surface area contributed by atoms with Gasteiger partial charge in [-0.05, 0) is 82.4 Å². The van der Waals surface area contributed by atoms with Crippen LogP contribution in [0.3, 0.4) is 0 Å². The Hall–Kier alpha value is -7.10. The Labute approximate surface area is 529 Å². The summed E-state index contributed by atoms with van der Waals surface area (Å²) in [4.78, 5) is 136. The van der Waals surface area contributed by atoms with E-state index in [1.807, 2.05) is 11.8 Å². The molecule has 9 N–H and O–H groups in total. The normalized spacial score (nSPS) is 15.5. The maximum absolute atomic E-state index is 13.6. The number of carbonyl (C=O) groups excluding carboxylic acids is 7. The molecule has 2 fully saturated rings. The Morgan fingerprint density at radius 1 is 0.629 bits per heavy atom. The number of pyridine rings is 1. The van der Waals surface area contributed by atoms with Crippen LogP contribution >= 0.6 is 0 Å². The predicted octanol–water partition coefficient (Wildman–Crippen LogP) is 0.0980. The summed E-state index contributed by atoms with van der Waals surface area (Å²) >= 11 is 0. The number of aliphatic carboxylic acids is 3.